The van der Waals surface area contributed by atoms with E-state index in [4.69, 9.17) is 9.15 Å². The predicted molar refractivity (Wildman–Crippen MR) is 96.0 cm³/mol. The van der Waals surface area contributed by atoms with E-state index in [2.05, 4.69) is 16.0 Å². The molecule has 0 bridgehead atoms. The molecule has 0 aliphatic carbocycles. The lowest BCUT2D eigenvalue weighted by Gasteiger charge is -2.19. The molecule has 3 N–H and O–H groups in total. The zero-order valence-corrected chi connectivity index (χ0v) is 14.8. The van der Waals surface area contributed by atoms with Crippen LogP contribution in [0.15, 0.2) is 47.1 Å². The molecule has 0 saturated carbocycles. The van der Waals surface area contributed by atoms with Gasteiger partial charge in [-0.1, -0.05) is 0 Å². The van der Waals surface area contributed by atoms with E-state index in [1.54, 1.807) is 57.2 Å². The van der Waals surface area contributed by atoms with E-state index in [0.717, 1.165) is 0 Å². The van der Waals surface area contributed by atoms with Gasteiger partial charge >= 0.3 is 6.09 Å². The first-order chi connectivity index (χ1) is 12.2. The van der Waals surface area contributed by atoms with Crippen LogP contribution in [0.2, 0.25) is 0 Å². The highest BCUT2D eigenvalue weighted by Gasteiger charge is 2.16. The Balaban J connectivity index is 1.80. The minimum Gasteiger partial charge on any atom is -0.459 e. The van der Waals surface area contributed by atoms with Gasteiger partial charge in [-0.15, -0.1) is 0 Å². The van der Waals surface area contributed by atoms with Gasteiger partial charge in [-0.25, -0.2) is 4.79 Å². The van der Waals surface area contributed by atoms with E-state index in [1.807, 2.05) is 0 Å². The summed E-state index contributed by atoms with van der Waals surface area (Å²) in [5.74, 6) is -0.563. The monoisotopic (exact) mass is 359 g/mol. The third-order valence-corrected chi connectivity index (χ3v) is 2.96. The number of hydrogen-bond donors (Lipinski definition) is 3. The molecule has 2 rings (SSSR count). The summed E-state index contributed by atoms with van der Waals surface area (Å²) < 4.78 is 10.1. The maximum absolute atomic E-state index is 11.9. The molecule has 3 amide bonds. The van der Waals surface area contributed by atoms with Gasteiger partial charge in [-0.3, -0.25) is 9.59 Å². The second-order valence-electron chi connectivity index (χ2n) is 6.41. The van der Waals surface area contributed by atoms with Crippen molar-refractivity contribution < 1.29 is 23.5 Å². The van der Waals surface area contributed by atoms with Gasteiger partial charge in [0.05, 0.1) is 6.26 Å². The molecule has 0 spiro atoms. The number of nitrogens with one attached hydrogen (secondary N) is 3. The van der Waals surface area contributed by atoms with Crippen LogP contribution in [-0.4, -0.2) is 30.1 Å². The molecular weight excluding hydrogens is 338 g/mol. The zero-order valence-electron chi connectivity index (χ0n) is 14.8. The third kappa shape index (κ3) is 6.31. The smallest absolute Gasteiger partial charge is 0.408 e. The lowest BCUT2D eigenvalue weighted by atomic mass is 10.2. The molecule has 0 saturated heterocycles. The van der Waals surface area contributed by atoms with Crippen LogP contribution in [0.1, 0.15) is 31.3 Å². The minimum atomic E-state index is -0.663. The summed E-state index contributed by atoms with van der Waals surface area (Å²) >= 11 is 0. The summed E-state index contributed by atoms with van der Waals surface area (Å²) in [6, 6.07) is 9.71. The highest BCUT2D eigenvalue weighted by Crippen LogP contribution is 2.15. The van der Waals surface area contributed by atoms with Crippen LogP contribution in [-0.2, 0) is 9.53 Å². The molecular formula is C18H21N3O5. The maximum atomic E-state index is 11.9. The van der Waals surface area contributed by atoms with Crippen LogP contribution >= 0.6 is 0 Å². The quantitative estimate of drug-likeness (QED) is 0.760. The average Bonchev–Trinajstić information content (AvgIpc) is 3.08. The van der Waals surface area contributed by atoms with Gasteiger partial charge < -0.3 is 25.1 Å². The summed E-state index contributed by atoms with van der Waals surface area (Å²) in [5, 5.41) is 7.67. The van der Waals surface area contributed by atoms with Crippen molar-refractivity contribution in [3.8, 4) is 0 Å². The highest BCUT2D eigenvalue weighted by atomic mass is 16.6. The Morgan fingerprint density at radius 3 is 2.15 bits per heavy atom. The number of rotatable bonds is 5. The molecule has 8 heteroatoms. The van der Waals surface area contributed by atoms with Crippen molar-refractivity contribution in [2.45, 2.75) is 26.4 Å². The number of carbonyl (C=O) groups is 3. The predicted octanol–water partition coefficient (Wildman–Crippen LogP) is 3.00. The normalized spacial score (nSPS) is 10.7. The molecule has 1 heterocycles. The molecule has 1 aromatic heterocycles. The van der Waals surface area contributed by atoms with E-state index >= 15 is 0 Å². The summed E-state index contributed by atoms with van der Waals surface area (Å²) in [4.78, 5) is 35.2. The summed E-state index contributed by atoms with van der Waals surface area (Å²) in [7, 11) is 0. The number of ether oxygens (including phenoxy) is 1. The zero-order chi connectivity index (χ0) is 19.2. The fourth-order valence-corrected chi connectivity index (χ4v) is 1.91. The van der Waals surface area contributed by atoms with Crippen molar-refractivity contribution in [2.24, 2.45) is 0 Å². The summed E-state index contributed by atoms with van der Waals surface area (Å²) in [5.41, 5.74) is 0.449. The number of anilines is 2. The Kier molecular flexibility index (Phi) is 6.00. The van der Waals surface area contributed by atoms with Crippen LogP contribution in [0.3, 0.4) is 0 Å². The Morgan fingerprint density at radius 1 is 1.00 bits per heavy atom. The minimum absolute atomic E-state index is 0.204. The first kappa shape index (κ1) is 19.0. The molecule has 8 nitrogen and oxygen atoms in total. The van der Waals surface area contributed by atoms with Crippen LogP contribution in [0.4, 0.5) is 16.2 Å². The van der Waals surface area contributed by atoms with Crippen LogP contribution in [0.25, 0.3) is 0 Å². The Hall–Kier alpha value is -3.29. The number of carbonyl (C=O) groups excluding carboxylic acids is 3. The van der Waals surface area contributed by atoms with Gasteiger partial charge in [0.2, 0.25) is 5.91 Å². The second kappa shape index (κ2) is 8.19. The molecule has 0 fully saturated rings. The summed E-state index contributed by atoms with van der Waals surface area (Å²) in [6.45, 7) is 4.99. The molecule has 26 heavy (non-hydrogen) atoms. The third-order valence-electron chi connectivity index (χ3n) is 2.96. The second-order valence-corrected chi connectivity index (χ2v) is 6.41. The van der Waals surface area contributed by atoms with E-state index in [0.29, 0.717) is 11.4 Å². The van der Waals surface area contributed by atoms with Gasteiger partial charge in [-0.2, -0.15) is 0 Å². The van der Waals surface area contributed by atoms with Gasteiger partial charge in [0, 0.05) is 11.4 Å². The van der Waals surface area contributed by atoms with Gasteiger partial charge in [-0.05, 0) is 57.2 Å². The fourth-order valence-electron chi connectivity index (χ4n) is 1.91. The number of alkyl carbamates (subject to hydrolysis) is 1. The van der Waals surface area contributed by atoms with Crippen molar-refractivity contribution in [1.82, 2.24) is 5.32 Å². The van der Waals surface area contributed by atoms with Gasteiger partial charge in [0.15, 0.2) is 5.76 Å². The lowest BCUT2D eigenvalue weighted by Crippen LogP contribution is -2.37. The fraction of sp³-hybridized carbons (Fsp3) is 0.278. The topological polar surface area (TPSA) is 110 Å². The first-order valence-corrected chi connectivity index (χ1v) is 7.94. The average molecular weight is 359 g/mol. The SMILES string of the molecule is CC(C)(C)OC(=O)NCC(=O)Nc1ccc(NC(=O)c2ccco2)cc1. The standard InChI is InChI=1S/C18H21N3O5/c1-18(2,3)26-17(24)19-11-15(22)20-12-6-8-13(9-7-12)21-16(23)14-5-4-10-25-14/h4-10H,11H2,1-3H3,(H,19,24)(H,20,22)(H,21,23). The van der Waals surface area contributed by atoms with Gasteiger partial charge in [0.1, 0.15) is 12.1 Å². The Morgan fingerprint density at radius 2 is 1.62 bits per heavy atom. The largest absolute Gasteiger partial charge is 0.459 e. The van der Waals surface area contributed by atoms with Crippen molar-refractivity contribution in [3.63, 3.8) is 0 Å². The number of furan rings is 1. The first-order valence-electron chi connectivity index (χ1n) is 7.94. The van der Waals surface area contributed by atoms with E-state index in [-0.39, 0.29) is 18.2 Å². The number of amides is 3. The molecule has 0 atom stereocenters. The van der Waals surface area contributed by atoms with Crippen LogP contribution in [0, 0.1) is 0 Å². The van der Waals surface area contributed by atoms with Crippen molar-refractivity contribution >= 4 is 29.3 Å². The molecule has 0 unspecified atom stereocenters. The number of benzene rings is 1. The highest BCUT2D eigenvalue weighted by molar-refractivity contribution is 6.02. The van der Waals surface area contributed by atoms with Crippen molar-refractivity contribution in [2.75, 3.05) is 17.2 Å². The maximum Gasteiger partial charge on any atom is 0.408 e. The van der Waals surface area contributed by atoms with Gasteiger partial charge in [0.25, 0.3) is 5.91 Å². The molecule has 2 aromatic rings. The number of hydrogen-bond acceptors (Lipinski definition) is 5. The Bertz CT molecular complexity index is 761. The summed E-state index contributed by atoms with van der Waals surface area (Å²) in [6.07, 6.45) is 0.752. The van der Waals surface area contributed by atoms with Crippen molar-refractivity contribution in [3.05, 3.63) is 48.4 Å². The molecule has 0 radical (unpaired) electrons. The van der Waals surface area contributed by atoms with Crippen LogP contribution < -0.4 is 16.0 Å². The lowest BCUT2D eigenvalue weighted by molar-refractivity contribution is -0.115. The van der Waals surface area contributed by atoms with E-state index < -0.39 is 17.6 Å². The van der Waals surface area contributed by atoms with E-state index in [1.165, 1.54) is 6.26 Å². The van der Waals surface area contributed by atoms with Crippen molar-refractivity contribution in [1.29, 1.82) is 0 Å². The molecule has 138 valence electrons. The molecule has 1 aromatic carbocycles. The molecule has 0 aliphatic rings. The van der Waals surface area contributed by atoms with Crippen LogP contribution in [0.5, 0.6) is 0 Å². The van der Waals surface area contributed by atoms with E-state index in [9.17, 15) is 14.4 Å². The molecule has 0 aliphatic heterocycles. The Labute approximate surface area is 150 Å².